The van der Waals surface area contributed by atoms with Crippen LogP contribution < -0.4 is 5.32 Å². The first-order valence-corrected chi connectivity index (χ1v) is 9.70. The molecule has 2 amide bonds. The third-order valence-corrected chi connectivity index (χ3v) is 5.82. The zero-order chi connectivity index (χ0) is 19.0. The van der Waals surface area contributed by atoms with Gasteiger partial charge in [-0.05, 0) is 37.5 Å². The minimum atomic E-state index is -0.392. The lowest BCUT2D eigenvalue weighted by molar-refractivity contribution is -0.146. The topological polar surface area (TPSA) is 52.7 Å². The van der Waals surface area contributed by atoms with E-state index in [1.807, 2.05) is 20.8 Å². The summed E-state index contributed by atoms with van der Waals surface area (Å²) in [6, 6.07) is 0.252. The third kappa shape index (κ3) is 4.75. The number of hydrogen-bond donors (Lipinski definition) is 1. The highest BCUT2D eigenvalue weighted by atomic mass is 16.2. The lowest BCUT2D eigenvalue weighted by atomic mass is 9.74. The van der Waals surface area contributed by atoms with Crippen LogP contribution >= 0.6 is 0 Å². The molecule has 0 aromatic rings. The fourth-order valence-corrected chi connectivity index (χ4v) is 4.11. The van der Waals surface area contributed by atoms with Gasteiger partial charge >= 0.3 is 0 Å². The average Bonchev–Trinajstić information content (AvgIpc) is 2.96. The van der Waals surface area contributed by atoms with E-state index in [1.54, 1.807) is 19.0 Å². The van der Waals surface area contributed by atoms with Gasteiger partial charge in [0.25, 0.3) is 0 Å². The maximum Gasteiger partial charge on any atom is 0.239 e. The highest BCUT2D eigenvalue weighted by Crippen LogP contribution is 2.39. The molecule has 0 spiro atoms. The summed E-state index contributed by atoms with van der Waals surface area (Å²) < 4.78 is 0. The molecular weight excluding hydrogens is 314 g/mol. The molecule has 144 valence electrons. The van der Waals surface area contributed by atoms with E-state index < -0.39 is 5.41 Å². The zero-order valence-corrected chi connectivity index (χ0v) is 17.2. The van der Waals surface area contributed by atoms with E-state index in [0.29, 0.717) is 18.0 Å². The van der Waals surface area contributed by atoms with E-state index in [9.17, 15) is 9.59 Å². The molecule has 0 aromatic heterocycles. The Bertz CT molecular complexity index is 498. The number of carbonyl (C=O) groups excluding carboxylic acids is 2. The Kier molecular flexibility index (Phi) is 5.87. The summed E-state index contributed by atoms with van der Waals surface area (Å²) >= 11 is 0. The Balaban J connectivity index is 2.16. The first kappa shape index (κ1) is 20.2. The Labute approximate surface area is 153 Å². The molecule has 2 rings (SSSR count). The normalized spacial score (nSPS) is 27.2. The first-order valence-electron chi connectivity index (χ1n) is 9.70. The Morgan fingerprint density at radius 3 is 2.08 bits per heavy atom. The maximum absolute atomic E-state index is 13.2. The van der Waals surface area contributed by atoms with Crippen molar-refractivity contribution in [2.45, 2.75) is 84.8 Å². The number of carbonyl (C=O) groups is 2. The molecule has 1 heterocycles. The predicted octanol–water partition coefficient (Wildman–Crippen LogP) is 2.65. The van der Waals surface area contributed by atoms with E-state index in [-0.39, 0.29) is 23.9 Å². The third-order valence-electron chi connectivity index (χ3n) is 5.82. The van der Waals surface area contributed by atoms with Crippen molar-refractivity contribution in [3.05, 3.63) is 0 Å². The van der Waals surface area contributed by atoms with Gasteiger partial charge in [-0.25, -0.2) is 0 Å². The van der Waals surface area contributed by atoms with Crippen molar-refractivity contribution in [1.82, 2.24) is 15.1 Å². The van der Waals surface area contributed by atoms with Gasteiger partial charge in [0, 0.05) is 38.1 Å². The SMILES string of the molecule is CN(C)C(=O)[C@@H]1C[C@H](N(C(=O)C(C)(C)C)C2CCC(C)(C)CC2)CN1. The van der Waals surface area contributed by atoms with Crippen LogP contribution in [0.15, 0.2) is 0 Å². The number of likely N-dealkylation sites (N-methyl/N-ethyl adjacent to an activating group) is 1. The number of amides is 2. The van der Waals surface area contributed by atoms with Crippen LogP contribution in [0.2, 0.25) is 0 Å². The molecule has 1 aliphatic heterocycles. The highest BCUT2D eigenvalue weighted by Gasteiger charge is 2.43. The molecule has 2 aliphatic rings. The monoisotopic (exact) mass is 351 g/mol. The van der Waals surface area contributed by atoms with E-state index >= 15 is 0 Å². The van der Waals surface area contributed by atoms with Crippen LogP contribution in [-0.4, -0.2) is 60.4 Å². The number of rotatable bonds is 3. The van der Waals surface area contributed by atoms with Crippen molar-refractivity contribution < 1.29 is 9.59 Å². The smallest absolute Gasteiger partial charge is 0.239 e. The van der Waals surface area contributed by atoms with Crippen LogP contribution in [0.5, 0.6) is 0 Å². The molecule has 2 fully saturated rings. The summed E-state index contributed by atoms with van der Waals surface area (Å²) in [7, 11) is 3.58. The summed E-state index contributed by atoms with van der Waals surface area (Å²) in [4.78, 5) is 29.3. The average molecular weight is 352 g/mol. The second-order valence-corrected chi connectivity index (χ2v) is 9.94. The molecular formula is C20H37N3O2. The fourth-order valence-electron chi connectivity index (χ4n) is 4.11. The molecule has 1 saturated heterocycles. The van der Waals surface area contributed by atoms with E-state index in [0.717, 1.165) is 32.1 Å². The lowest BCUT2D eigenvalue weighted by Crippen LogP contribution is -2.53. The lowest BCUT2D eigenvalue weighted by Gasteiger charge is -2.45. The Hall–Kier alpha value is -1.10. The Morgan fingerprint density at radius 1 is 1.04 bits per heavy atom. The second kappa shape index (κ2) is 7.26. The van der Waals surface area contributed by atoms with E-state index in [2.05, 4.69) is 24.1 Å². The largest absolute Gasteiger partial charge is 0.347 e. The van der Waals surface area contributed by atoms with Crippen molar-refractivity contribution in [1.29, 1.82) is 0 Å². The summed E-state index contributed by atoms with van der Waals surface area (Å²) in [6.45, 7) is 11.4. The molecule has 25 heavy (non-hydrogen) atoms. The minimum absolute atomic E-state index is 0.107. The summed E-state index contributed by atoms with van der Waals surface area (Å²) in [5.74, 6) is 0.331. The molecule has 1 N–H and O–H groups in total. The van der Waals surface area contributed by atoms with Crippen LogP contribution in [0.3, 0.4) is 0 Å². The van der Waals surface area contributed by atoms with Crippen molar-refractivity contribution in [3.63, 3.8) is 0 Å². The molecule has 0 radical (unpaired) electrons. The van der Waals surface area contributed by atoms with E-state index in [4.69, 9.17) is 0 Å². The van der Waals surface area contributed by atoms with Gasteiger partial charge in [-0.1, -0.05) is 34.6 Å². The van der Waals surface area contributed by atoms with Gasteiger partial charge in [0.1, 0.15) is 0 Å². The Morgan fingerprint density at radius 2 is 1.60 bits per heavy atom. The van der Waals surface area contributed by atoms with Crippen LogP contribution in [0.4, 0.5) is 0 Å². The summed E-state index contributed by atoms with van der Waals surface area (Å²) in [6.07, 6.45) is 5.17. The molecule has 5 heteroatoms. The van der Waals surface area contributed by atoms with Crippen LogP contribution in [-0.2, 0) is 9.59 Å². The van der Waals surface area contributed by atoms with Crippen LogP contribution in [0, 0.1) is 10.8 Å². The zero-order valence-electron chi connectivity index (χ0n) is 17.2. The summed E-state index contributed by atoms with van der Waals surface area (Å²) in [5.41, 5.74) is -0.0130. The molecule has 0 aromatic carbocycles. The van der Waals surface area contributed by atoms with Gasteiger partial charge in [0.15, 0.2) is 0 Å². The molecule has 0 unspecified atom stereocenters. The van der Waals surface area contributed by atoms with Crippen LogP contribution in [0.25, 0.3) is 0 Å². The number of hydrogen-bond acceptors (Lipinski definition) is 3. The van der Waals surface area contributed by atoms with Gasteiger partial charge in [-0.2, -0.15) is 0 Å². The first-order chi connectivity index (χ1) is 11.4. The van der Waals surface area contributed by atoms with Crippen molar-refractivity contribution in [2.24, 2.45) is 10.8 Å². The van der Waals surface area contributed by atoms with Gasteiger partial charge in [0.2, 0.25) is 11.8 Å². The fraction of sp³-hybridized carbons (Fsp3) is 0.900. The van der Waals surface area contributed by atoms with Crippen molar-refractivity contribution >= 4 is 11.8 Å². The molecule has 0 bridgehead atoms. The quantitative estimate of drug-likeness (QED) is 0.850. The molecule has 2 atom stereocenters. The molecule has 1 aliphatic carbocycles. The highest BCUT2D eigenvalue weighted by molar-refractivity contribution is 5.84. The van der Waals surface area contributed by atoms with Gasteiger partial charge in [-0.15, -0.1) is 0 Å². The molecule has 5 nitrogen and oxygen atoms in total. The van der Waals surface area contributed by atoms with Gasteiger partial charge in [0.05, 0.1) is 6.04 Å². The summed E-state index contributed by atoms with van der Waals surface area (Å²) in [5, 5.41) is 3.34. The van der Waals surface area contributed by atoms with Gasteiger partial charge < -0.3 is 15.1 Å². The maximum atomic E-state index is 13.2. The van der Waals surface area contributed by atoms with Crippen molar-refractivity contribution in [3.8, 4) is 0 Å². The number of nitrogens with zero attached hydrogens (tertiary/aromatic N) is 2. The standard InChI is InChI=1S/C20H37N3O2/c1-19(2,3)18(25)23(14-8-10-20(4,5)11-9-14)15-12-16(21-13-15)17(24)22(6)7/h14-16,21H,8-13H2,1-7H3/t15-,16-/m0/s1. The number of nitrogens with one attached hydrogen (secondary N) is 1. The minimum Gasteiger partial charge on any atom is -0.347 e. The van der Waals surface area contributed by atoms with E-state index in [1.165, 1.54) is 0 Å². The predicted molar refractivity (Wildman–Crippen MR) is 101 cm³/mol. The van der Waals surface area contributed by atoms with Gasteiger partial charge in [-0.3, -0.25) is 9.59 Å². The van der Waals surface area contributed by atoms with Crippen LogP contribution in [0.1, 0.15) is 66.7 Å². The second-order valence-electron chi connectivity index (χ2n) is 9.94. The van der Waals surface area contributed by atoms with Crippen molar-refractivity contribution in [2.75, 3.05) is 20.6 Å². The molecule has 1 saturated carbocycles.